The molecule has 0 amide bonds. The average Bonchev–Trinajstić information content (AvgIpc) is 2.43. The third-order valence-corrected chi connectivity index (χ3v) is 4.31. The molecule has 1 fully saturated rings. The lowest BCUT2D eigenvalue weighted by atomic mass is 9.98. The molecule has 2 atom stereocenters. The van der Waals surface area contributed by atoms with Crippen molar-refractivity contribution in [2.24, 2.45) is 16.8 Å². The van der Waals surface area contributed by atoms with E-state index < -0.39 is 0 Å². The molecule has 1 saturated heterocycles. The summed E-state index contributed by atoms with van der Waals surface area (Å²) in [6.45, 7) is 10.3. The summed E-state index contributed by atoms with van der Waals surface area (Å²) in [4.78, 5) is 6.79. The Kier molecular flexibility index (Phi) is 8.74. The molecule has 0 aromatic heterocycles. The Morgan fingerprint density at radius 1 is 1.29 bits per heavy atom. The molecule has 4 heteroatoms. The number of piperidine rings is 1. The summed E-state index contributed by atoms with van der Waals surface area (Å²) in [7, 11) is 4.08. The van der Waals surface area contributed by atoms with Gasteiger partial charge in [-0.05, 0) is 51.6 Å². The van der Waals surface area contributed by atoms with Gasteiger partial charge in [-0.3, -0.25) is 4.99 Å². The molecule has 2 N–H and O–H groups in total. The molecule has 0 aromatic rings. The summed E-state index contributed by atoms with van der Waals surface area (Å²) in [6.07, 6.45) is 6.46. The van der Waals surface area contributed by atoms with Crippen LogP contribution < -0.4 is 10.6 Å². The van der Waals surface area contributed by atoms with Gasteiger partial charge in [0.2, 0.25) is 0 Å². The standard InChI is InChI=1S/C17H36N4/c1-14(2)8-6-9-15(3)20-17(18-4)19-12-16-10-7-11-21(5)13-16/h14-16H,6-13H2,1-5H3,(H2,18,19,20). The van der Waals surface area contributed by atoms with Gasteiger partial charge < -0.3 is 15.5 Å². The Morgan fingerprint density at radius 2 is 2.05 bits per heavy atom. The van der Waals surface area contributed by atoms with Crippen LogP contribution in [-0.2, 0) is 0 Å². The molecule has 0 aromatic carbocycles. The van der Waals surface area contributed by atoms with Crippen molar-refractivity contribution >= 4 is 5.96 Å². The number of guanidine groups is 1. The summed E-state index contributed by atoms with van der Waals surface area (Å²) in [5, 5.41) is 7.02. The average molecular weight is 297 g/mol. The molecular weight excluding hydrogens is 260 g/mol. The minimum Gasteiger partial charge on any atom is -0.356 e. The van der Waals surface area contributed by atoms with E-state index in [1.807, 2.05) is 7.05 Å². The summed E-state index contributed by atoms with van der Waals surface area (Å²) >= 11 is 0. The van der Waals surface area contributed by atoms with E-state index in [4.69, 9.17) is 0 Å². The zero-order chi connectivity index (χ0) is 15.7. The van der Waals surface area contributed by atoms with Crippen LogP contribution in [0.3, 0.4) is 0 Å². The Hall–Kier alpha value is -0.770. The van der Waals surface area contributed by atoms with E-state index in [1.54, 1.807) is 0 Å². The Labute approximate surface area is 131 Å². The van der Waals surface area contributed by atoms with Crippen molar-refractivity contribution < 1.29 is 0 Å². The summed E-state index contributed by atoms with van der Waals surface area (Å²) < 4.78 is 0. The van der Waals surface area contributed by atoms with Crippen molar-refractivity contribution in [3.63, 3.8) is 0 Å². The van der Waals surface area contributed by atoms with E-state index in [2.05, 4.69) is 48.3 Å². The number of likely N-dealkylation sites (tertiary alicyclic amines) is 1. The highest BCUT2D eigenvalue weighted by Gasteiger charge is 2.17. The zero-order valence-corrected chi connectivity index (χ0v) is 14.8. The number of hydrogen-bond acceptors (Lipinski definition) is 2. The fraction of sp³-hybridized carbons (Fsp3) is 0.941. The first-order valence-corrected chi connectivity index (χ1v) is 8.67. The third kappa shape index (κ3) is 8.30. The van der Waals surface area contributed by atoms with Crippen LogP contribution in [0.1, 0.15) is 52.9 Å². The number of hydrogen-bond donors (Lipinski definition) is 2. The molecule has 0 aliphatic carbocycles. The molecule has 0 bridgehead atoms. The van der Waals surface area contributed by atoms with Crippen LogP contribution in [0.25, 0.3) is 0 Å². The molecule has 124 valence electrons. The maximum Gasteiger partial charge on any atom is 0.191 e. The molecule has 1 heterocycles. The Bertz CT molecular complexity index is 301. The maximum atomic E-state index is 4.36. The van der Waals surface area contributed by atoms with Crippen molar-refractivity contribution in [1.82, 2.24) is 15.5 Å². The molecule has 0 radical (unpaired) electrons. The third-order valence-electron chi connectivity index (χ3n) is 4.31. The molecule has 2 unspecified atom stereocenters. The van der Waals surface area contributed by atoms with E-state index in [0.717, 1.165) is 24.3 Å². The predicted octanol–water partition coefficient (Wildman–Crippen LogP) is 2.71. The molecule has 21 heavy (non-hydrogen) atoms. The van der Waals surface area contributed by atoms with Gasteiger partial charge in [-0.1, -0.05) is 26.7 Å². The fourth-order valence-corrected chi connectivity index (χ4v) is 3.01. The van der Waals surface area contributed by atoms with Gasteiger partial charge in [0.15, 0.2) is 5.96 Å². The van der Waals surface area contributed by atoms with Crippen LogP contribution in [-0.4, -0.2) is 50.6 Å². The van der Waals surface area contributed by atoms with Crippen LogP contribution in [0.15, 0.2) is 4.99 Å². The van der Waals surface area contributed by atoms with E-state index in [-0.39, 0.29) is 0 Å². The highest BCUT2D eigenvalue weighted by molar-refractivity contribution is 5.79. The van der Waals surface area contributed by atoms with Crippen molar-refractivity contribution in [3.8, 4) is 0 Å². The molecule has 1 aliphatic heterocycles. The van der Waals surface area contributed by atoms with Crippen LogP contribution in [0.2, 0.25) is 0 Å². The van der Waals surface area contributed by atoms with Gasteiger partial charge in [0, 0.05) is 26.2 Å². The van der Waals surface area contributed by atoms with Crippen LogP contribution in [0.5, 0.6) is 0 Å². The molecule has 1 rings (SSSR count). The molecular formula is C17H36N4. The predicted molar refractivity (Wildman–Crippen MR) is 92.9 cm³/mol. The second kappa shape index (κ2) is 10.0. The first-order valence-electron chi connectivity index (χ1n) is 8.67. The smallest absolute Gasteiger partial charge is 0.191 e. The number of nitrogens with zero attached hydrogens (tertiary/aromatic N) is 2. The lowest BCUT2D eigenvalue weighted by Gasteiger charge is -2.30. The van der Waals surface area contributed by atoms with Crippen molar-refractivity contribution in [3.05, 3.63) is 0 Å². The van der Waals surface area contributed by atoms with Gasteiger partial charge in [0.25, 0.3) is 0 Å². The summed E-state index contributed by atoms with van der Waals surface area (Å²) in [6, 6.07) is 0.490. The van der Waals surface area contributed by atoms with Crippen LogP contribution in [0, 0.1) is 11.8 Å². The van der Waals surface area contributed by atoms with Gasteiger partial charge >= 0.3 is 0 Å². The van der Waals surface area contributed by atoms with E-state index in [0.29, 0.717) is 6.04 Å². The van der Waals surface area contributed by atoms with E-state index in [9.17, 15) is 0 Å². The maximum absolute atomic E-state index is 4.36. The summed E-state index contributed by atoms with van der Waals surface area (Å²) in [5.74, 6) is 2.51. The second-order valence-electron chi connectivity index (χ2n) is 7.09. The largest absolute Gasteiger partial charge is 0.356 e. The van der Waals surface area contributed by atoms with Gasteiger partial charge in [-0.25, -0.2) is 0 Å². The summed E-state index contributed by atoms with van der Waals surface area (Å²) in [5.41, 5.74) is 0. The van der Waals surface area contributed by atoms with Crippen LogP contribution in [0.4, 0.5) is 0 Å². The number of aliphatic imine (C=N–C) groups is 1. The highest BCUT2D eigenvalue weighted by atomic mass is 15.2. The zero-order valence-electron chi connectivity index (χ0n) is 14.8. The van der Waals surface area contributed by atoms with Crippen molar-refractivity contribution in [1.29, 1.82) is 0 Å². The fourth-order valence-electron chi connectivity index (χ4n) is 3.01. The van der Waals surface area contributed by atoms with Crippen molar-refractivity contribution in [2.75, 3.05) is 33.7 Å². The second-order valence-corrected chi connectivity index (χ2v) is 7.09. The lowest BCUT2D eigenvalue weighted by Crippen LogP contribution is -2.46. The minimum atomic E-state index is 0.490. The topological polar surface area (TPSA) is 39.7 Å². The van der Waals surface area contributed by atoms with Crippen LogP contribution >= 0.6 is 0 Å². The monoisotopic (exact) mass is 296 g/mol. The van der Waals surface area contributed by atoms with E-state index in [1.165, 1.54) is 45.2 Å². The normalized spacial score (nSPS) is 22.4. The SMILES string of the molecule is CN=C(NCC1CCCN(C)C1)NC(C)CCCC(C)C. The molecule has 0 saturated carbocycles. The number of rotatable bonds is 7. The first-order chi connectivity index (χ1) is 10.0. The minimum absolute atomic E-state index is 0.490. The highest BCUT2D eigenvalue weighted by Crippen LogP contribution is 2.13. The Morgan fingerprint density at radius 3 is 2.67 bits per heavy atom. The Balaban J connectivity index is 2.21. The van der Waals surface area contributed by atoms with Gasteiger partial charge in [-0.15, -0.1) is 0 Å². The van der Waals surface area contributed by atoms with Gasteiger partial charge in [-0.2, -0.15) is 0 Å². The van der Waals surface area contributed by atoms with Gasteiger partial charge in [0.05, 0.1) is 0 Å². The molecule has 4 nitrogen and oxygen atoms in total. The van der Waals surface area contributed by atoms with E-state index >= 15 is 0 Å². The van der Waals surface area contributed by atoms with Gasteiger partial charge in [0.1, 0.15) is 0 Å². The first kappa shape index (κ1) is 18.3. The number of nitrogens with one attached hydrogen (secondary N) is 2. The molecule has 1 aliphatic rings. The quantitative estimate of drug-likeness (QED) is 0.560. The lowest BCUT2D eigenvalue weighted by molar-refractivity contribution is 0.210. The van der Waals surface area contributed by atoms with Crippen molar-refractivity contribution in [2.45, 2.75) is 58.9 Å². The molecule has 0 spiro atoms.